The SMILES string of the molecule is CC(C)c1ccc(NC(=O)C2(N)CCCCC2)cc1. The Bertz CT molecular complexity index is 431. The van der Waals surface area contributed by atoms with E-state index in [1.165, 1.54) is 12.0 Å². The Balaban J connectivity index is 2.02. The van der Waals surface area contributed by atoms with Gasteiger partial charge in [-0.05, 0) is 36.5 Å². The molecule has 0 unspecified atom stereocenters. The number of carbonyl (C=O) groups is 1. The highest BCUT2D eigenvalue weighted by Gasteiger charge is 2.35. The average Bonchev–Trinajstić information content (AvgIpc) is 2.40. The van der Waals surface area contributed by atoms with E-state index in [1.54, 1.807) is 0 Å². The standard InChI is InChI=1S/C16H24N2O/c1-12(2)13-6-8-14(9-7-13)18-15(19)16(17)10-4-3-5-11-16/h6-9,12H,3-5,10-11,17H2,1-2H3,(H,18,19). The van der Waals surface area contributed by atoms with Crippen molar-refractivity contribution in [1.82, 2.24) is 0 Å². The zero-order valence-corrected chi connectivity index (χ0v) is 11.9. The van der Waals surface area contributed by atoms with Gasteiger partial charge in [-0.25, -0.2) is 0 Å². The van der Waals surface area contributed by atoms with Gasteiger partial charge in [0.25, 0.3) is 0 Å². The number of rotatable bonds is 3. The third-order valence-corrected chi connectivity index (χ3v) is 4.03. The van der Waals surface area contributed by atoms with Crippen LogP contribution in [0.25, 0.3) is 0 Å². The number of amides is 1. The van der Waals surface area contributed by atoms with Crippen LogP contribution in [0.5, 0.6) is 0 Å². The molecule has 0 spiro atoms. The second kappa shape index (κ2) is 5.74. The van der Waals surface area contributed by atoms with E-state index < -0.39 is 5.54 Å². The number of benzene rings is 1. The number of nitrogens with two attached hydrogens (primary N) is 1. The topological polar surface area (TPSA) is 55.1 Å². The van der Waals surface area contributed by atoms with Crippen molar-refractivity contribution in [3.8, 4) is 0 Å². The van der Waals surface area contributed by atoms with Crippen LogP contribution in [-0.4, -0.2) is 11.4 Å². The second-order valence-electron chi connectivity index (χ2n) is 5.95. The normalized spacial score (nSPS) is 18.3. The molecule has 1 aromatic carbocycles. The summed E-state index contributed by atoms with van der Waals surface area (Å²) in [5.74, 6) is 0.466. The Morgan fingerprint density at radius 3 is 2.26 bits per heavy atom. The Morgan fingerprint density at radius 2 is 1.74 bits per heavy atom. The fourth-order valence-corrected chi connectivity index (χ4v) is 2.62. The van der Waals surface area contributed by atoms with Crippen molar-refractivity contribution in [1.29, 1.82) is 0 Å². The summed E-state index contributed by atoms with van der Waals surface area (Å²) in [7, 11) is 0. The minimum absolute atomic E-state index is 0.0375. The molecule has 0 bridgehead atoms. The van der Waals surface area contributed by atoms with E-state index in [4.69, 9.17) is 5.73 Å². The minimum Gasteiger partial charge on any atom is -0.324 e. The molecular weight excluding hydrogens is 236 g/mol. The largest absolute Gasteiger partial charge is 0.324 e. The van der Waals surface area contributed by atoms with Crippen LogP contribution in [0.1, 0.15) is 57.4 Å². The Labute approximate surface area is 115 Å². The van der Waals surface area contributed by atoms with E-state index in [9.17, 15) is 4.79 Å². The van der Waals surface area contributed by atoms with Gasteiger partial charge in [0.2, 0.25) is 5.91 Å². The highest BCUT2D eigenvalue weighted by atomic mass is 16.2. The van der Waals surface area contributed by atoms with Crippen LogP contribution in [0, 0.1) is 0 Å². The lowest BCUT2D eigenvalue weighted by molar-refractivity contribution is -0.122. The van der Waals surface area contributed by atoms with E-state index in [1.807, 2.05) is 12.1 Å². The number of hydrogen-bond acceptors (Lipinski definition) is 2. The molecule has 3 heteroatoms. The van der Waals surface area contributed by atoms with Crippen molar-refractivity contribution >= 4 is 11.6 Å². The average molecular weight is 260 g/mol. The molecule has 1 saturated carbocycles. The van der Waals surface area contributed by atoms with Gasteiger partial charge in [-0.3, -0.25) is 4.79 Å². The summed E-state index contributed by atoms with van der Waals surface area (Å²) < 4.78 is 0. The Kier molecular flexibility index (Phi) is 4.25. The first-order chi connectivity index (χ1) is 9.01. The summed E-state index contributed by atoms with van der Waals surface area (Å²) in [6, 6.07) is 8.04. The van der Waals surface area contributed by atoms with Gasteiger partial charge >= 0.3 is 0 Å². The molecule has 1 fully saturated rings. The molecule has 0 heterocycles. The van der Waals surface area contributed by atoms with Crippen LogP contribution in [0.3, 0.4) is 0 Å². The molecule has 3 N–H and O–H groups in total. The maximum atomic E-state index is 12.3. The fraction of sp³-hybridized carbons (Fsp3) is 0.562. The van der Waals surface area contributed by atoms with Crippen LogP contribution < -0.4 is 11.1 Å². The maximum Gasteiger partial charge on any atom is 0.244 e. The smallest absolute Gasteiger partial charge is 0.244 e. The van der Waals surface area contributed by atoms with Crippen LogP contribution in [0.15, 0.2) is 24.3 Å². The van der Waals surface area contributed by atoms with Gasteiger partial charge < -0.3 is 11.1 Å². The van der Waals surface area contributed by atoms with Gasteiger partial charge in [-0.15, -0.1) is 0 Å². The molecule has 2 rings (SSSR count). The van der Waals surface area contributed by atoms with Gasteiger partial charge in [-0.1, -0.05) is 45.2 Å². The van der Waals surface area contributed by atoms with E-state index in [0.29, 0.717) is 5.92 Å². The fourth-order valence-electron chi connectivity index (χ4n) is 2.62. The zero-order chi connectivity index (χ0) is 13.9. The van der Waals surface area contributed by atoms with Gasteiger partial charge in [0.05, 0.1) is 5.54 Å². The van der Waals surface area contributed by atoms with Crippen molar-refractivity contribution in [3.05, 3.63) is 29.8 Å². The second-order valence-corrected chi connectivity index (χ2v) is 5.95. The molecule has 1 amide bonds. The lowest BCUT2D eigenvalue weighted by Gasteiger charge is -2.31. The predicted octanol–water partition coefficient (Wildman–Crippen LogP) is 3.41. The molecule has 19 heavy (non-hydrogen) atoms. The lowest BCUT2D eigenvalue weighted by atomic mass is 9.82. The monoisotopic (exact) mass is 260 g/mol. The summed E-state index contributed by atoms with van der Waals surface area (Å²) in [6.45, 7) is 4.31. The van der Waals surface area contributed by atoms with Crippen molar-refractivity contribution < 1.29 is 4.79 Å². The van der Waals surface area contributed by atoms with E-state index >= 15 is 0 Å². The van der Waals surface area contributed by atoms with E-state index in [2.05, 4.69) is 31.3 Å². The Hall–Kier alpha value is -1.35. The number of nitrogens with one attached hydrogen (secondary N) is 1. The van der Waals surface area contributed by atoms with Gasteiger partial charge in [0, 0.05) is 5.69 Å². The lowest BCUT2D eigenvalue weighted by Crippen LogP contribution is -2.52. The molecule has 0 aromatic heterocycles. The molecule has 3 nitrogen and oxygen atoms in total. The third-order valence-electron chi connectivity index (χ3n) is 4.03. The number of hydrogen-bond donors (Lipinski definition) is 2. The number of anilines is 1. The Morgan fingerprint density at radius 1 is 1.16 bits per heavy atom. The highest BCUT2D eigenvalue weighted by molar-refractivity contribution is 5.98. The molecule has 1 aliphatic rings. The summed E-state index contributed by atoms with van der Waals surface area (Å²) in [6.07, 6.45) is 4.88. The summed E-state index contributed by atoms with van der Waals surface area (Å²) in [4.78, 5) is 12.3. The first-order valence-electron chi connectivity index (χ1n) is 7.21. The van der Waals surface area contributed by atoms with E-state index in [-0.39, 0.29) is 5.91 Å². The molecule has 1 aromatic rings. The molecule has 1 aliphatic carbocycles. The first-order valence-corrected chi connectivity index (χ1v) is 7.21. The van der Waals surface area contributed by atoms with Crippen LogP contribution >= 0.6 is 0 Å². The first kappa shape index (κ1) is 14.1. The maximum absolute atomic E-state index is 12.3. The molecule has 0 saturated heterocycles. The molecule has 0 atom stereocenters. The third kappa shape index (κ3) is 3.35. The minimum atomic E-state index is -0.672. The quantitative estimate of drug-likeness (QED) is 0.875. The van der Waals surface area contributed by atoms with Crippen molar-refractivity contribution in [2.45, 2.75) is 57.4 Å². The van der Waals surface area contributed by atoms with Gasteiger partial charge in [-0.2, -0.15) is 0 Å². The zero-order valence-electron chi connectivity index (χ0n) is 11.9. The number of carbonyl (C=O) groups excluding carboxylic acids is 1. The van der Waals surface area contributed by atoms with Gasteiger partial charge in [0.1, 0.15) is 0 Å². The van der Waals surface area contributed by atoms with Gasteiger partial charge in [0.15, 0.2) is 0 Å². The van der Waals surface area contributed by atoms with Crippen molar-refractivity contribution in [2.24, 2.45) is 5.73 Å². The molecule has 0 radical (unpaired) electrons. The molecule has 104 valence electrons. The predicted molar refractivity (Wildman–Crippen MR) is 79.2 cm³/mol. The summed E-state index contributed by atoms with van der Waals surface area (Å²) >= 11 is 0. The van der Waals surface area contributed by atoms with Crippen LogP contribution in [0.4, 0.5) is 5.69 Å². The highest BCUT2D eigenvalue weighted by Crippen LogP contribution is 2.27. The van der Waals surface area contributed by atoms with Crippen molar-refractivity contribution in [3.63, 3.8) is 0 Å². The van der Waals surface area contributed by atoms with E-state index in [0.717, 1.165) is 31.4 Å². The molecule has 0 aliphatic heterocycles. The summed E-state index contributed by atoms with van der Waals surface area (Å²) in [5.41, 5.74) is 7.66. The van der Waals surface area contributed by atoms with Crippen LogP contribution in [0.2, 0.25) is 0 Å². The summed E-state index contributed by atoms with van der Waals surface area (Å²) in [5, 5.41) is 2.95. The molecular formula is C16H24N2O. The van der Waals surface area contributed by atoms with Crippen LogP contribution in [-0.2, 0) is 4.79 Å². The van der Waals surface area contributed by atoms with Crippen molar-refractivity contribution in [2.75, 3.05) is 5.32 Å².